The zero-order valence-corrected chi connectivity index (χ0v) is 17.4. The van der Waals surface area contributed by atoms with Crippen molar-refractivity contribution in [3.8, 4) is 11.5 Å². The Labute approximate surface area is 173 Å². The van der Waals surface area contributed by atoms with Crippen LogP contribution in [0.4, 0.5) is 8.78 Å². The maximum atomic E-state index is 12.3. The Kier molecular flexibility index (Phi) is 8.16. The molecule has 0 saturated carbocycles. The molecule has 166 valence electrons. The highest BCUT2D eigenvalue weighted by Gasteiger charge is 2.34. The molecule has 1 amide bonds. The standard InChI is InChI=1S/C19H23F2NO7S/c1-3-22(14-8-9-30(25,26)12-14)17(23)11-28-18(24)7-5-13-4-6-15(29-19(20)21)16(10-13)27-2/h4-7,10,14,19H,3,8-9,11-12H2,1-2H3. The highest BCUT2D eigenvalue weighted by molar-refractivity contribution is 7.91. The van der Waals surface area contributed by atoms with Crippen LogP contribution in [0.5, 0.6) is 11.5 Å². The number of carbonyl (C=O) groups is 2. The number of halogens is 2. The predicted octanol–water partition coefficient (Wildman–Crippen LogP) is 1.89. The largest absolute Gasteiger partial charge is 0.493 e. The number of carbonyl (C=O) groups excluding carboxylic acids is 2. The summed E-state index contributed by atoms with van der Waals surface area (Å²) in [6.45, 7) is -1.49. The van der Waals surface area contributed by atoms with E-state index in [0.29, 0.717) is 18.5 Å². The summed E-state index contributed by atoms with van der Waals surface area (Å²) in [7, 11) is -1.86. The van der Waals surface area contributed by atoms with Crippen molar-refractivity contribution >= 4 is 27.8 Å². The van der Waals surface area contributed by atoms with Crippen LogP contribution in [0.1, 0.15) is 18.9 Å². The first-order chi connectivity index (χ1) is 14.1. The Hall–Kier alpha value is -2.69. The number of hydrogen-bond donors (Lipinski definition) is 0. The third-order valence-corrected chi connectivity index (χ3v) is 6.21. The summed E-state index contributed by atoms with van der Waals surface area (Å²) < 4.78 is 62.1. The van der Waals surface area contributed by atoms with Gasteiger partial charge in [-0.25, -0.2) is 13.2 Å². The summed E-state index contributed by atoms with van der Waals surface area (Å²) in [6, 6.07) is 3.69. The van der Waals surface area contributed by atoms with Crippen LogP contribution in [0.25, 0.3) is 6.08 Å². The van der Waals surface area contributed by atoms with Gasteiger partial charge in [-0.15, -0.1) is 0 Å². The van der Waals surface area contributed by atoms with Crippen LogP contribution in [-0.4, -0.2) is 69.6 Å². The molecular formula is C19H23F2NO7S. The number of esters is 1. The molecule has 0 spiro atoms. The molecule has 11 heteroatoms. The third-order valence-electron chi connectivity index (χ3n) is 4.46. The van der Waals surface area contributed by atoms with Gasteiger partial charge in [-0.3, -0.25) is 4.79 Å². The van der Waals surface area contributed by atoms with Gasteiger partial charge in [0.25, 0.3) is 5.91 Å². The van der Waals surface area contributed by atoms with E-state index in [2.05, 4.69) is 4.74 Å². The summed E-state index contributed by atoms with van der Waals surface area (Å²) >= 11 is 0. The summed E-state index contributed by atoms with van der Waals surface area (Å²) in [6.07, 6.45) is 2.80. The van der Waals surface area contributed by atoms with Crippen LogP contribution in [0, 0.1) is 0 Å². The van der Waals surface area contributed by atoms with E-state index < -0.39 is 41.0 Å². The maximum Gasteiger partial charge on any atom is 0.387 e. The van der Waals surface area contributed by atoms with Crippen molar-refractivity contribution in [2.45, 2.75) is 26.0 Å². The molecule has 30 heavy (non-hydrogen) atoms. The van der Waals surface area contributed by atoms with Gasteiger partial charge in [-0.2, -0.15) is 8.78 Å². The van der Waals surface area contributed by atoms with E-state index in [1.165, 1.54) is 36.3 Å². The van der Waals surface area contributed by atoms with Crippen molar-refractivity contribution < 1.29 is 41.0 Å². The number of likely N-dealkylation sites (N-methyl/N-ethyl adjacent to an activating group) is 1. The normalized spacial score (nSPS) is 17.8. The lowest BCUT2D eigenvalue weighted by Crippen LogP contribution is -2.43. The number of alkyl halides is 2. The van der Waals surface area contributed by atoms with Crippen molar-refractivity contribution in [2.75, 3.05) is 31.8 Å². The van der Waals surface area contributed by atoms with Crippen LogP contribution in [0.15, 0.2) is 24.3 Å². The molecule has 0 N–H and O–H groups in total. The fourth-order valence-corrected chi connectivity index (χ4v) is 4.80. The van der Waals surface area contributed by atoms with E-state index in [4.69, 9.17) is 9.47 Å². The van der Waals surface area contributed by atoms with E-state index in [-0.39, 0.29) is 23.0 Å². The lowest BCUT2D eigenvalue weighted by atomic mass is 10.2. The summed E-state index contributed by atoms with van der Waals surface area (Å²) in [5.41, 5.74) is 0.461. The summed E-state index contributed by atoms with van der Waals surface area (Å²) in [4.78, 5) is 25.6. The lowest BCUT2D eigenvalue weighted by molar-refractivity contribution is -0.149. The minimum absolute atomic E-state index is 0.0363. The lowest BCUT2D eigenvalue weighted by Gasteiger charge is -2.26. The van der Waals surface area contributed by atoms with E-state index in [1.54, 1.807) is 6.92 Å². The van der Waals surface area contributed by atoms with Crippen LogP contribution in [-0.2, 0) is 24.2 Å². The molecule has 1 fully saturated rings. The minimum Gasteiger partial charge on any atom is -0.493 e. The van der Waals surface area contributed by atoms with Gasteiger partial charge in [0.2, 0.25) is 0 Å². The SMILES string of the molecule is CCN(C(=O)COC(=O)C=Cc1ccc(OC(F)F)c(OC)c1)C1CCS(=O)(=O)C1. The first-order valence-electron chi connectivity index (χ1n) is 9.12. The Bertz CT molecular complexity index is 902. The first-order valence-corrected chi connectivity index (χ1v) is 10.9. The minimum atomic E-state index is -3.14. The van der Waals surface area contributed by atoms with Crippen LogP contribution < -0.4 is 9.47 Å². The van der Waals surface area contributed by atoms with Gasteiger partial charge in [0, 0.05) is 18.7 Å². The topological polar surface area (TPSA) is 99.2 Å². The Balaban J connectivity index is 1.92. The fourth-order valence-electron chi connectivity index (χ4n) is 3.07. The van der Waals surface area contributed by atoms with Crippen molar-refractivity contribution in [2.24, 2.45) is 0 Å². The molecule has 1 atom stereocenters. The van der Waals surface area contributed by atoms with Crippen molar-refractivity contribution in [1.82, 2.24) is 4.90 Å². The molecule has 0 aliphatic carbocycles. The Morgan fingerprint density at radius 3 is 2.60 bits per heavy atom. The zero-order valence-electron chi connectivity index (χ0n) is 16.5. The molecule has 1 aliphatic rings. The number of ether oxygens (including phenoxy) is 3. The van der Waals surface area contributed by atoms with Gasteiger partial charge in [0.05, 0.1) is 18.6 Å². The average molecular weight is 447 g/mol. The number of benzene rings is 1. The van der Waals surface area contributed by atoms with Gasteiger partial charge in [-0.05, 0) is 37.1 Å². The monoisotopic (exact) mass is 447 g/mol. The molecule has 0 aromatic heterocycles. The van der Waals surface area contributed by atoms with E-state index >= 15 is 0 Å². The molecule has 2 rings (SSSR count). The molecule has 8 nitrogen and oxygen atoms in total. The van der Waals surface area contributed by atoms with Crippen LogP contribution >= 0.6 is 0 Å². The molecule has 1 saturated heterocycles. The average Bonchev–Trinajstić information content (AvgIpc) is 3.05. The van der Waals surface area contributed by atoms with Gasteiger partial charge < -0.3 is 19.1 Å². The van der Waals surface area contributed by atoms with Gasteiger partial charge >= 0.3 is 12.6 Å². The van der Waals surface area contributed by atoms with Gasteiger partial charge in [0.1, 0.15) is 0 Å². The quantitative estimate of drug-likeness (QED) is 0.421. The fraction of sp³-hybridized carbons (Fsp3) is 0.474. The third kappa shape index (κ3) is 6.68. The Morgan fingerprint density at radius 2 is 2.03 bits per heavy atom. The molecule has 1 unspecified atom stereocenters. The van der Waals surface area contributed by atoms with Crippen molar-refractivity contribution in [3.05, 3.63) is 29.8 Å². The highest BCUT2D eigenvalue weighted by Crippen LogP contribution is 2.29. The summed E-state index contributed by atoms with van der Waals surface area (Å²) in [5.74, 6) is -1.40. The number of sulfone groups is 1. The highest BCUT2D eigenvalue weighted by atomic mass is 32.2. The smallest absolute Gasteiger partial charge is 0.387 e. The molecule has 1 aromatic carbocycles. The van der Waals surface area contributed by atoms with E-state index in [0.717, 1.165) is 6.08 Å². The van der Waals surface area contributed by atoms with Gasteiger partial charge in [-0.1, -0.05) is 6.07 Å². The Morgan fingerprint density at radius 1 is 1.30 bits per heavy atom. The molecule has 0 bridgehead atoms. The first kappa shape index (κ1) is 23.6. The second kappa shape index (κ2) is 10.4. The number of amides is 1. The van der Waals surface area contributed by atoms with Gasteiger partial charge in [0.15, 0.2) is 27.9 Å². The van der Waals surface area contributed by atoms with Crippen LogP contribution in [0.2, 0.25) is 0 Å². The number of methoxy groups -OCH3 is 1. The van der Waals surface area contributed by atoms with Crippen LogP contribution in [0.3, 0.4) is 0 Å². The van der Waals surface area contributed by atoms with Crippen molar-refractivity contribution in [3.63, 3.8) is 0 Å². The second-order valence-corrected chi connectivity index (χ2v) is 8.70. The molecule has 1 heterocycles. The second-order valence-electron chi connectivity index (χ2n) is 6.47. The number of nitrogens with zero attached hydrogens (tertiary/aromatic N) is 1. The maximum absolute atomic E-state index is 12.3. The number of hydrogen-bond acceptors (Lipinski definition) is 7. The molecule has 1 aliphatic heterocycles. The number of rotatable bonds is 9. The van der Waals surface area contributed by atoms with E-state index in [9.17, 15) is 26.8 Å². The van der Waals surface area contributed by atoms with E-state index in [1.807, 2.05) is 0 Å². The molecular weight excluding hydrogens is 424 g/mol. The molecule has 1 aromatic rings. The van der Waals surface area contributed by atoms with Crippen molar-refractivity contribution in [1.29, 1.82) is 0 Å². The predicted molar refractivity (Wildman–Crippen MR) is 104 cm³/mol. The molecule has 0 radical (unpaired) electrons. The summed E-state index contributed by atoms with van der Waals surface area (Å²) in [5, 5.41) is 0. The zero-order chi connectivity index (χ0) is 22.3.